The van der Waals surface area contributed by atoms with Crippen molar-refractivity contribution >= 4 is 17.3 Å². The third-order valence-corrected chi connectivity index (χ3v) is 11.8. The van der Waals surface area contributed by atoms with Crippen LogP contribution in [0.1, 0.15) is 76.4 Å². The van der Waals surface area contributed by atoms with Crippen LogP contribution in [0.2, 0.25) is 0 Å². The highest BCUT2D eigenvalue weighted by Gasteiger charge is 2.75. The summed E-state index contributed by atoms with van der Waals surface area (Å²) in [7, 11) is 0. The highest BCUT2D eigenvalue weighted by molar-refractivity contribution is 6.01. The minimum Gasteiger partial charge on any atom is -0.393 e. The van der Waals surface area contributed by atoms with Crippen LogP contribution in [0.15, 0.2) is 72.3 Å². The summed E-state index contributed by atoms with van der Waals surface area (Å²) < 4.78 is 13.4. The van der Waals surface area contributed by atoms with E-state index in [0.717, 1.165) is 41.6 Å². The molecule has 0 unspecified atom stereocenters. The van der Waals surface area contributed by atoms with E-state index in [2.05, 4.69) is 69.4 Å². The summed E-state index contributed by atoms with van der Waals surface area (Å²) in [4.78, 5) is 26.0. The van der Waals surface area contributed by atoms with Crippen molar-refractivity contribution in [2.45, 2.75) is 89.9 Å². The third kappa shape index (κ3) is 4.69. The third-order valence-electron chi connectivity index (χ3n) is 11.8. The number of fused-ring (bicyclic) bond motifs is 7. The molecule has 3 N–H and O–H groups in total. The fraction of sp³-hybridized carbons (Fsp3) is 0.526. The maximum Gasteiger partial charge on any atom is 0.193 e. The summed E-state index contributed by atoms with van der Waals surface area (Å²) in [5.41, 5.74) is 2.94. The second-order valence-electron chi connectivity index (χ2n) is 14.8. The number of carbonyl (C=O) groups excluding carboxylic acids is 2. The van der Waals surface area contributed by atoms with Crippen LogP contribution >= 0.6 is 0 Å². The molecule has 2 aromatic carbocycles. The molecule has 7 rings (SSSR count). The average molecular weight is 612 g/mol. The van der Waals surface area contributed by atoms with E-state index < -0.39 is 41.5 Å². The fourth-order valence-corrected chi connectivity index (χ4v) is 9.97. The molecular weight excluding hydrogens is 566 g/mol. The molecule has 0 bridgehead atoms. The van der Waals surface area contributed by atoms with E-state index >= 15 is 0 Å². The molecule has 45 heavy (non-hydrogen) atoms. The number of aliphatic hydroxyl groups is 2. The Morgan fingerprint density at radius 2 is 1.89 bits per heavy atom. The van der Waals surface area contributed by atoms with Crippen molar-refractivity contribution in [1.82, 2.24) is 0 Å². The Balaban J connectivity index is 1.14. The Bertz CT molecular complexity index is 1560. The number of anilines is 1. The van der Waals surface area contributed by atoms with Gasteiger partial charge in [0.05, 0.1) is 12.2 Å². The Morgan fingerprint density at radius 3 is 2.62 bits per heavy atom. The second-order valence-corrected chi connectivity index (χ2v) is 14.8. The summed E-state index contributed by atoms with van der Waals surface area (Å²) >= 11 is 0. The van der Waals surface area contributed by atoms with Crippen LogP contribution in [-0.2, 0) is 25.5 Å². The second kappa shape index (κ2) is 11.0. The monoisotopic (exact) mass is 611 g/mol. The highest BCUT2D eigenvalue weighted by Crippen LogP contribution is 2.70. The summed E-state index contributed by atoms with van der Waals surface area (Å²) in [5, 5.41) is 25.6. The van der Waals surface area contributed by atoms with Gasteiger partial charge in [0, 0.05) is 34.0 Å². The molecule has 4 aliphatic carbocycles. The SMILES string of the molecule is CC(C)Nc1cccc(Cc2ccc([C@@H]3O[C@@H]4C[C@H]5[C@@H]6CCC7=CC(=O)C=C[C@]7(C)[C@H]6[C@@H](O)C[C@]5(C)[C@]4(C(=O)CO)O3)cc2)c1. The first-order valence-electron chi connectivity index (χ1n) is 16.5. The molecule has 0 aromatic heterocycles. The van der Waals surface area contributed by atoms with Gasteiger partial charge in [-0.1, -0.05) is 61.9 Å². The van der Waals surface area contributed by atoms with Crippen LogP contribution in [0.4, 0.5) is 5.69 Å². The van der Waals surface area contributed by atoms with Gasteiger partial charge in [-0.05, 0) is 93.2 Å². The number of ether oxygens (including phenoxy) is 2. The highest BCUT2D eigenvalue weighted by atomic mass is 16.7. The van der Waals surface area contributed by atoms with Crippen LogP contribution in [-0.4, -0.2) is 52.2 Å². The van der Waals surface area contributed by atoms with Crippen molar-refractivity contribution in [2.24, 2.45) is 28.6 Å². The lowest BCUT2D eigenvalue weighted by Crippen LogP contribution is -2.63. The van der Waals surface area contributed by atoms with E-state index in [9.17, 15) is 19.8 Å². The van der Waals surface area contributed by atoms with E-state index in [4.69, 9.17) is 9.47 Å². The zero-order valence-corrected chi connectivity index (χ0v) is 26.7. The molecule has 1 saturated heterocycles. The van der Waals surface area contributed by atoms with Crippen molar-refractivity contribution in [2.75, 3.05) is 11.9 Å². The largest absolute Gasteiger partial charge is 0.393 e. The summed E-state index contributed by atoms with van der Waals surface area (Å²) in [5.74, 6) is -0.229. The maximum atomic E-state index is 13.8. The lowest BCUT2D eigenvalue weighted by Gasteiger charge is -2.59. The lowest BCUT2D eigenvalue weighted by atomic mass is 9.46. The van der Waals surface area contributed by atoms with E-state index in [1.807, 2.05) is 18.2 Å². The van der Waals surface area contributed by atoms with Gasteiger partial charge in [0.25, 0.3) is 0 Å². The number of Topliss-reactive ketones (excluding diaryl/α,β-unsaturated/α-hetero) is 1. The minimum atomic E-state index is -1.35. The minimum absolute atomic E-state index is 0.00738. The Hall–Kier alpha value is -3.10. The van der Waals surface area contributed by atoms with Gasteiger partial charge in [-0.25, -0.2) is 0 Å². The Labute approximate surface area is 265 Å². The van der Waals surface area contributed by atoms with E-state index in [0.29, 0.717) is 18.9 Å². The first-order valence-corrected chi connectivity index (χ1v) is 16.5. The lowest BCUT2D eigenvalue weighted by molar-refractivity contribution is -0.201. The van der Waals surface area contributed by atoms with Gasteiger partial charge in [0.2, 0.25) is 0 Å². The van der Waals surface area contributed by atoms with Gasteiger partial charge in [-0.2, -0.15) is 0 Å². The Kier molecular flexibility index (Phi) is 7.47. The van der Waals surface area contributed by atoms with Crippen LogP contribution in [0.3, 0.4) is 0 Å². The predicted molar refractivity (Wildman–Crippen MR) is 171 cm³/mol. The first kappa shape index (κ1) is 30.5. The number of nitrogens with one attached hydrogen (secondary N) is 1. The molecule has 4 fully saturated rings. The summed E-state index contributed by atoms with van der Waals surface area (Å²) in [6.45, 7) is 7.81. The average Bonchev–Trinajstić information content (AvgIpc) is 3.50. The smallest absolute Gasteiger partial charge is 0.193 e. The van der Waals surface area contributed by atoms with Crippen LogP contribution in [0.5, 0.6) is 0 Å². The number of carbonyl (C=O) groups is 2. The van der Waals surface area contributed by atoms with Gasteiger partial charge in [-0.15, -0.1) is 0 Å². The molecule has 238 valence electrons. The molecule has 9 atom stereocenters. The number of aliphatic hydroxyl groups excluding tert-OH is 2. The topological polar surface area (TPSA) is 105 Å². The van der Waals surface area contributed by atoms with Crippen LogP contribution < -0.4 is 5.32 Å². The molecule has 0 spiro atoms. The number of hydrogen-bond donors (Lipinski definition) is 3. The quantitative estimate of drug-likeness (QED) is 0.369. The van der Waals surface area contributed by atoms with Crippen molar-refractivity contribution in [1.29, 1.82) is 0 Å². The molecule has 5 aliphatic rings. The molecule has 1 heterocycles. The summed E-state index contributed by atoms with van der Waals surface area (Å²) in [6.07, 6.45) is 6.82. The molecule has 1 aliphatic heterocycles. The van der Waals surface area contributed by atoms with Gasteiger partial charge < -0.3 is 25.0 Å². The molecule has 0 radical (unpaired) electrons. The number of hydrogen-bond acceptors (Lipinski definition) is 7. The standard InChI is InChI=1S/C38H45NO6/c1-22(2)39-27-7-5-6-24(17-27)16-23-8-10-25(11-9-23)35-44-33-19-30-29-13-12-26-18-28(41)14-15-36(26,3)34(29)31(42)20-37(30,4)38(33,45-35)32(43)21-40/h5-11,14-15,17-18,22,29-31,33-35,39-40,42H,12-13,16,19-21H2,1-4H3/t29-,30-,31-,33+,34+,35+,36-,37-,38+/m0/s1. The van der Waals surface area contributed by atoms with Gasteiger partial charge >= 0.3 is 0 Å². The van der Waals surface area contributed by atoms with Crippen LogP contribution in [0, 0.1) is 28.6 Å². The fourth-order valence-electron chi connectivity index (χ4n) is 9.97. The van der Waals surface area contributed by atoms with Crippen LogP contribution in [0.25, 0.3) is 0 Å². The molecular formula is C38H45NO6. The number of allylic oxidation sites excluding steroid dienone is 4. The molecule has 2 aromatic rings. The number of benzene rings is 2. The zero-order chi connectivity index (χ0) is 31.7. The van der Waals surface area contributed by atoms with Crippen molar-refractivity contribution in [3.8, 4) is 0 Å². The zero-order valence-electron chi connectivity index (χ0n) is 26.7. The van der Waals surface area contributed by atoms with E-state index in [1.54, 1.807) is 12.2 Å². The van der Waals surface area contributed by atoms with E-state index in [-0.39, 0.29) is 29.3 Å². The molecule has 3 saturated carbocycles. The van der Waals surface area contributed by atoms with Gasteiger partial charge in [-0.3, -0.25) is 9.59 Å². The van der Waals surface area contributed by atoms with Gasteiger partial charge in [0.15, 0.2) is 23.5 Å². The van der Waals surface area contributed by atoms with Crippen molar-refractivity contribution < 1.29 is 29.3 Å². The summed E-state index contributed by atoms with van der Waals surface area (Å²) in [6, 6.07) is 17.0. The molecule has 0 amide bonds. The first-order chi connectivity index (χ1) is 21.5. The Morgan fingerprint density at radius 1 is 1.11 bits per heavy atom. The number of rotatable bonds is 7. The van der Waals surface area contributed by atoms with Crippen molar-refractivity contribution in [3.05, 3.63) is 89.0 Å². The normalized spacial score (nSPS) is 38.3. The van der Waals surface area contributed by atoms with E-state index in [1.165, 1.54) is 5.56 Å². The molecule has 7 nitrogen and oxygen atoms in total. The predicted octanol–water partition coefficient (Wildman–Crippen LogP) is 5.70. The molecule has 7 heteroatoms. The maximum absolute atomic E-state index is 13.8. The number of ketones is 2. The van der Waals surface area contributed by atoms with Crippen molar-refractivity contribution in [3.63, 3.8) is 0 Å². The van der Waals surface area contributed by atoms with Gasteiger partial charge in [0.1, 0.15) is 6.61 Å².